The first-order chi connectivity index (χ1) is 7.56. The smallest absolute Gasteiger partial charge is 0.342 e. The SMILES string of the molecule is CCCCOC(=O)c1cc(C)cc(O)c1O. The zero-order chi connectivity index (χ0) is 12.1. The van der Waals surface area contributed by atoms with Gasteiger partial charge in [0.25, 0.3) is 0 Å². The highest BCUT2D eigenvalue weighted by Gasteiger charge is 2.16. The average Bonchev–Trinajstić information content (AvgIpc) is 2.23. The Bertz CT molecular complexity index is 385. The second-order valence-electron chi connectivity index (χ2n) is 3.67. The molecule has 0 heterocycles. The van der Waals surface area contributed by atoms with Gasteiger partial charge >= 0.3 is 5.97 Å². The number of esters is 1. The number of hydrogen-bond donors (Lipinski definition) is 2. The molecule has 0 amide bonds. The van der Waals surface area contributed by atoms with Crippen LogP contribution in [0.15, 0.2) is 12.1 Å². The van der Waals surface area contributed by atoms with E-state index >= 15 is 0 Å². The molecule has 0 fully saturated rings. The Morgan fingerprint density at radius 2 is 2.06 bits per heavy atom. The van der Waals surface area contributed by atoms with E-state index in [4.69, 9.17) is 4.74 Å². The van der Waals surface area contributed by atoms with Crippen molar-refractivity contribution in [2.75, 3.05) is 6.61 Å². The maximum Gasteiger partial charge on any atom is 0.342 e. The zero-order valence-corrected chi connectivity index (χ0v) is 9.49. The van der Waals surface area contributed by atoms with Gasteiger partial charge in [0.1, 0.15) is 5.56 Å². The number of phenolic OH excluding ortho intramolecular Hbond substituents is 2. The van der Waals surface area contributed by atoms with Crippen molar-refractivity contribution in [1.29, 1.82) is 0 Å². The minimum absolute atomic E-state index is 0.00797. The first kappa shape index (κ1) is 12.4. The molecule has 1 aromatic carbocycles. The van der Waals surface area contributed by atoms with E-state index in [1.807, 2.05) is 6.92 Å². The van der Waals surface area contributed by atoms with Crippen molar-refractivity contribution < 1.29 is 19.7 Å². The number of aryl methyl sites for hydroxylation is 1. The van der Waals surface area contributed by atoms with E-state index in [1.165, 1.54) is 12.1 Å². The number of aromatic hydroxyl groups is 2. The van der Waals surface area contributed by atoms with Gasteiger partial charge in [0.2, 0.25) is 0 Å². The summed E-state index contributed by atoms with van der Waals surface area (Å²) in [6.07, 6.45) is 1.71. The molecule has 0 spiro atoms. The molecule has 0 unspecified atom stereocenters. The Balaban J connectivity index is 2.82. The fraction of sp³-hybridized carbons (Fsp3) is 0.417. The predicted octanol–water partition coefficient (Wildman–Crippen LogP) is 2.36. The highest BCUT2D eigenvalue weighted by Crippen LogP contribution is 2.30. The van der Waals surface area contributed by atoms with Crippen LogP contribution in [0, 0.1) is 6.92 Å². The summed E-state index contributed by atoms with van der Waals surface area (Å²) in [7, 11) is 0. The predicted molar refractivity (Wildman–Crippen MR) is 59.7 cm³/mol. The Hall–Kier alpha value is -1.71. The summed E-state index contributed by atoms with van der Waals surface area (Å²) in [6.45, 7) is 4.04. The summed E-state index contributed by atoms with van der Waals surface area (Å²) < 4.78 is 4.95. The van der Waals surface area contributed by atoms with Gasteiger partial charge in [-0.2, -0.15) is 0 Å². The van der Waals surface area contributed by atoms with Crippen LogP contribution in [0.3, 0.4) is 0 Å². The lowest BCUT2D eigenvalue weighted by molar-refractivity contribution is 0.0495. The number of hydrogen-bond acceptors (Lipinski definition) is 4. The molecule has 0 radical (unpaired) electrons. The Morgan fingerprint density at radius 3 is 2.69 bits per heavy atom. The molecule has 1 aromatic rings. The van der Waals surface area contributed by atoms with E-state index < -0.39 is 11.7 Å². The lowest BCUT2D eigenvalue weighted by atomic mass is 10.1. The normalized spacial score (nSPS) is 10.1. The highest BCUT2D eigenvalue weighted by molar-refractivity contribution is 5.93. The number of unbranched alkanes of at least 4 members (excludes halogenated alkanes) is 1. The minimum atomic E-state index is -0.607. The number of benzene rings is 1. The Kier molecular flexibility index (Phi) is 4.17. The third-order valence-electron chi connectivity index (χ3n) is 2.19. The monoisotopic (exact) mass is 224 g/mol. The van der Waals surface area contributed by atoms with Crippen molar-refractivity contribution in [3.05, 3.63) is 23.3 Å². The second-order valence-corrected chi connectivity index (χ2v) is 3.67. The molecule has 0 aliphatic rings. The van der Waals surface area contributed by atoms with E-state index in [9.17, 15) is 15.0 Å². The highest BCUT2D eigenvalue weighted by atomic mass is 16.5. The lowest BCUT2D eigenvalue weighted by Gasteiger charge is -2.07. The van der Waals surface area contributed by atoms with E-state index in [0.29, 0.717) is 12.2 Å². The third-order valence-corrected chi connectivity index (χ3v) is 2.19. The van der Waals surface area contributed by atoms with Crippen molar-refractivity contribution in [3.63, 3.8) is 0 Å². The van der Waals surface area contributed by atoms with Crippen LogP contribution >= 0.6 is 0 Å². The van der Waals surface area contributed by atoms with Crippen LogP contribution in [-0.2, 0) is 4.74 Å². The first-order valence-electron chi connectivity index (χ1n) is 5.26. The summed E-state index contributed by atoms with van der Waals surface area (Å²) in [6, 6.07) is 2.88. The summed E-state index contributed by atoms with van der Waals surface area (Å²) >= 11 is 0. The van der Waals surface area contributed by atoms with E-state index in [2.05, 4.69) is 0 Å². The Morgan fingerprint density at radius 1 is 1.38 bits per heavy atom. The number of carbonyl (C=O) groups excluding carboxylic acids is 1. The zero-order valence-electron chi connectivity index (χ0n) is 9.49. The van der Waals surface area contributed by atoms with Crippen LogP contribution in [0.1, 0.15) is 35.7 Å². The quantitative estimate of drug-likeness (QED) is 0.468. The van der Waals surface area contributed by atoms with Gasteiger partial charge in [0.15, 0.2) is 11.5 Å². The maximum atomic E-state index is 11.6. The van der Waals surface area contributed by atoms with Crippen LogP contribution in [0.25, 0.3) is 0 Å². The van der Waals surface area contributed by atoms with Gasteiger partial charge < -0.3 is 14.9 Å². The third kappa shape index (κ3) is 2.89. The van der Waals surface area contributed by atoms with Gasteiger partial charge in [0, 0.05) is 0 Å². The largest absolute Gasteiger partial charge is 0.504 e. The van der Waals surface area contributed by atoms with Crippen molar-refractivity contribution in [2.45, 2.75) is 26.7 Å². The molecule has 0 saturated heterocycles. The van der Waals surface area contributed by atoms with Gasteiger partial charge in [-0.25, -0.2) is 4.79 Å². The molecule has 16 heavy (non-hydrogen) atoms. The van der Waals surface area contributed by atoms with Crippen molar-refractivity contribution in [3.8, 4) is 11.5 Å². The van der Waals surface area contributed by atoms with Crippen LogP contribution in [0.2, 0.25) is 0 Å². The molecule has 0 atom stereocenters. The molecule has 0 aromatic heterocycles. The summed E-state index contributed by atoms with van der Waals surface area (Å²) in [5.74, 6) is -1.33. The summed E-state index contributed by atoms with van der Waals surface area (Å²) in [5, 5.41) is 18.8. The Labute approximate surface area is 94.5 Å². The van der Waals surface area contributed by atoms with E-state index in [0.717, 1.165) is 12.8 Å². The van der Waals surface area contributed by atoms with Gasteiger partial charge in [0.05, 0.1) is 6.61 Å². The molecule has 2 N–H and O–H groups in total. The van der Waals surface area contributed by atoms with Crippen molar-refractivity contribution >= 4 is 5.97 Å². The van der Waals surface area contributed by atoms with Crippen LogP contribution in [-0.4, -0.2) is 22.8 Å². The van der Waals surface area contributed by atoms with E-state index in [-0.39, 0.29) is 11.3 Å². The molecular weight excluding hydrogens is 208 g/mol. The van der Waals surface area contributed by atoms with Crippen LogP contribution in [0.5, 0.6) is 11.5 Å². The molecule has 0 saturated carbocycles. The summed E-state index contributed by atoms with van der Waals surface area (Å²) in [4.78, 5) is 11.6. The molecule has 88 valence electrons. The number of carbonyl (C=O) groups is 1. The number of rotatable bonds is 4. The fourth-order valence-corrected chi connectivity index (χ4v) is 1.30. The van der Waals surface area contributed by atoms with Gasteiger partial charge in [-0.3, -0.25) is 0 Å². The minimum Gasteiger partial charge on any atom is -0.504 e. The topological polar surface area (TPSA) is 66.8 Å². The summed E-state index contributed by atoms with van der Waals surface area (Å²) in [5.41, 5.74) is 0.700. The first-order valence-corrected chi connectivity index (χ1v) is 5.26. The number of phenols is 2. The molecule has 4 heteroatoms. The van der Waals surface area contributed by atoms with E-state index in [1.54, 1.807) is 6.92 Å². The second kappa shape index (κ2) is 5.39. The van der Waals surface area contributed by atoms with Gasteiger partial charge in [-0.05, 0) is 31.0 Å². The van der Waals surface area contributed by atoms with Crippen molar-refractivity contribution in [1.82, 2.24) is 0 Å². The molecule has 0 aliphatic heterocycles. The van der Waals surface area contributed by atoms with Crippen LogP contribution < -0.4 is 0 Å². The molecular formula is C12H16O4. The molecule has 0 bridgehead atoms. The molecule has 4 nitrogen and oxygen atoms in total. The van der Waals surface area contributed by atoms with Crippen LogP contribution in [0.4, 0.5) is 0 Å². The number of ether oxygens (including phenoxy) is 1. The standard InChI is InChI=1S/C12H16O4/c1-3-4-5-16-12(15)9-6-8(2)7-10(13)11(9)14/h6-7,13-14H,3-5H2,1-2H3. The van der Waals surface area contributed by atoms with Gasteiger partial charge in [-0.1, -0.05) is 13.3 Å². The maximum absolute atomic E-state index is 11.6. The lowest BCUT2D eigenvalue weighted by Crippen LogP contribution is -2.07. The van der Waals surface area contributed by atoms with Gasteiger partial charge in [-0.15, -0.1) is 0 Å². The fourth-order valence-electron chi connectivity index (χ4n) is 1.30. The molecule has 1 rings (SSSR count). The average molecular weight is 224 g/mol. The van der Waals surface area contributed by atoms with Crippen molar-refractivity contribution in [2.24, 2.45) is 0 Å². The molecule has 0 aliphatic carbocycles.